The molecule has 4 N–H and O–H groups in total. The molecule has 30 heavy (non-hydrogen) atoms. The number of nitrogens with zero attached hydrogens (tertiary/aromatic N) is 1. The summed E-state index contributed by atoms with van der Waals surface area (Å²) < 4.78 is 0. The standard InChI is InChI=1S/C21H25N3O6/c1-13-3-5-16-12-20(24(29)30)17(6-4-14(2)25)11-19(16)22(13)21(26)15-7-9-18(10-8-15)23(27)28/h7-13,23-24,27,29H,3-6H2,1-2H3. The predicted octanol–water partition coefficient (Wildman–Crippen LogP) is 0.997. The van der Waals surface area contributed by atoms with Gasteiger partial charge in [-0.05, 0) is 56.9 Å². The smallest absolute Gasteiger partial charge is 0.258 e. The molecule has 1 aliphatic heterocycles. The van der Waals surface area contributed by atoms with E-state index in [9.17, 15) is 25.2 Å². The minimum Gasteiger partial charge on any atom is -0.595 e. The van der Waals surface area contributed by atoms with Gasteiger partial charge in [-0.1, -0.05) is 0 Å². The van der Waals surface area contributed by atoms with Gasteiger partial charge in [0.1, 0.15) is 5.78 Å². The maximum atomic E-state index is 13.3. The van der Waals surface area contributed by atoms with Crippen molar-refractivity contribution < 1.29 is 30.5 Å². The van der Waals surface area contributed by atoms with Crippen LogP contribution in [0.1, 0.15) is 48.2 Å². The van der Waals surface area contributed by atoms with Crippen molar-refractivity contribution >= 4 is 28.8 Å². The van der Waals surface area contributed by atoms with E-state index in [0.717, 1.165) is 5.56 Å². The van der Waals surface area contributed by atoms with Crippen LogP contribution < -0.4 is 15.4 Å². The van der Waals surface area contributed by atoms with Gasteiger partial charge in [0.05, 0.1) is 0 Å². The zero-order chi connectivity index (χ0) is 22.0. The Morgan fingerprint density at radius 2 is 1.80 bits per heavy atom. The zero-order valence-electron chi connectivity index (χ0n) is 16.8. The highest BCUT2D eigenvalue weighted by molar-refractivity contribution is 6.07. The summed E-state index contributed by atoms with van der Waals surface area (Å²) in [7, 11) is 0. The molecule has 0 aliphatic carbocycles. The van der Waals surface area contributed by atoms with E-state index >= 15 is 0 Å². The first-order valence-electron chi connectivity index (χ1n) is 9.74. The number of anilines is 1. The molecule has 0 fully saturated rings. The van der Waals surface area contributed by atoms with Crippen LogP contribution in [0.15, 0.2) is 36.4 Å². The number of rotatable bonds is 6. The van der Waals surface area contributed by atoms with E-state index in [1.54, 1.807) is 17.0 Å². The van der Waals surface area contributed by atoms with Crippen LogP contribution in [0, 0.1) is 10.4 Å². The molecule has 9 nitrogen and oxygen atoms in total. The molecule has 0 aromatic heterocycles. The second-order valence-electron chi connectivity index (χ2n) is 7.59. The van der Waals surface area contributed by atoms with Gasteiger partial charge < -0.3 is 20.1 Å². The lowest BCUT2D eigenvalue weighted by Crippen LogP contribution is -2.99. The van der Waals surface area contributed by atoms with Gasteiger partial charge in [-0.25, -0.2) is 10.4 Å². The van der Waals surface area contributed by atoms with E-state index in [1.807, 2.05) is 6.92 Å². The second kappa shape index (κ2) is 9.00. The summed E-state index contributed by atoms with van der Waals surface area (Å²) >= 11 is 0. The van der Waals surface area contributed by atoms with E-state index in [4.69, 9.17) is 5.21 Å². The normalized spacial score (nSPS) is 17.9. The summed E-state index contributed by atoms with van der Waals surface area (Å²) in [6, 6.07) is 8.94. The van der Waals surface area contributed by atoms with Gasteiger partial charge in [0, 0.05) is 47.5 Å². The maximum absolute atomic E-state index is 13.3. The third-order valence-corrected chi connectivity index (χ3v) is 5.41. The highest BCUT2D eigenvalue weighted by Gasteiger charge is 2.31. The summed E-state index contributed by atoms with van der Waals surface area (Å²) in [5.41, 5.74) is 2.54. The van der Waals surface area contributed by atoms with Gasteiger partial charge in [-0.15, -0.1) is 0 Å². The Balaban J connectivity index is 2.02. The fraction of sp³-hybridized carbons (Fsp3) is 0.333. The summed E-state index contributed by atoms with van der Waals surface area (Å²) in [4.78, 5) is 26.3. The van der Waals surface area contributed by atoms with Crippen LogP contribution in [0.5, 0.6) is 0 Å². The Labute approximate surface area is 173 Å². The molecule has 0 bridgehead atoms. The summed E-state index contributed by atoms with van der Waals surface area (Å²) in [5.74, 6) is -0.315. The number of fused-ring (bicyclic) bond motifs is 1. The topological polar surface area (TPSA) is 133 Å². The highest BCUT2D eigenvalue weighted by Crippen LogP contribution is 2.35. The predicted molar refractivity (Wildman–Crippen MR) is 108 cm³/mol. The van der Waals surface area contributed by atoms with Crippen molar-refractivity contribution in [2.75, 3.05) is 4.90 Å². The number of hydrogen-bond donors (Lipinski definition) is 4. The summed E-state index contributed by atoms with van der Waals surface area (Å²) in [6.45, 7) is 3.38. The zero-order valence-corrected chi connectivity index (χ0v) is 16.8. The minimum atomic E-state index is -1.07. The Morgan fingerprint density at radius 3 is 2.37 bits per heavy atom. The molecule has 0 saturated heterocycles. The Morgan fingerprint density at radius 1 is 1.13 bits per heavy atom. The average Bonchev–Trinajstić information content (AvgIpc) is 2.71. The molecule has 3 atom stereocenters. The maximum Gasteiger partial charge on any atom is 0.258 e. The number of Topliss-reactive ketones (excluding diaryl/α,β-unsaturated/α-hetero) is 1. The largest absolute Gasteiger partial charge is 0.595 e. The van der Waals surface area contributed by atoms with Crippen LogP contribution in [0.25, 0.3) is 0 Å². The van der Waals surface area contributed by atoms with Gasteiger partial charge in [-0.2, -0.15) is 10.5 Å². The molecule has 3 rings (SSSR count). The number of carbonyl (C=O) groups excluding carboxylic acids is 2. The number of quaternary nitrogens is 2. The molecule has 2 aromatic rings. The monoisotopic (exact) mass is 415 g/mol. The SMILES string of the molecule is CC(=O)CCc1cc2c(cc1[NH+]([O-])O)CCC(C)N2C(=O)c1ccc([NH+]([O-])O)cc1. The lowest BCUT2D eigenvalue weighted by atomic mass is 9.92. The number of carbonyl (C=O) groups is 2. The van der Waals surface area contributed by atoms with Crippen molar-refractivity contribution in [3.05, 3.63) is 63.5 Å². The van der Waals surface area contributed by atoms with Crippen molar-refractivity contribution in [3.8, 4) is 0 Å². The first kappa shape index (κ1) is 22.0. The number of ketones is 1. The van der Waals surface area contributed by atoms with Crippen LogP contribution in [0.2, 0.25) is 0 Å². The van der Waals surface area contributed by atoms with Crippen LogP contribution >= 0.6 is 0 Å². The molecule has 0 spiro atoms. The lowest BCUT2D eigenvalue weighted by molar-refractivity contribution is -0.991. The van der Waals surface area contributed by atoms with Crippen molar-refractivity contribution in [3.63, 3.8) is 0 Å². The molecule has 3 unspecified atom stereocenters. The molecule has 0 radical (unpaired) electrons. The van der Waals surface area contributed by atoms with Crippen LogP contribution in [-0.4, -0.2) is 28.1 Å². The van der Waals surface area contributed by atoms with Crippen molar-refractivity contribution in [1.82, 2.24) is 0 Å². The summed E-state index contributed by atoms with van der Waals surface area (Å²) in [6.07, 6.45) is 1.83. The third kappa shape index (κ3) is 4.57. The van der Waals surface area contributed by atoms with Crippen LogP contribution in [0.4, 0.5) is 17.1 Å². The molecule has 9 heteroatoms. The van der Waals surface area contributed by atoms with Crippen molar-refractivity contribution in [2.24, 2.45) is 0 Å². The van der Waals surface area contributed by atoms with Crippen molar-refractivity contribution in [1.29, 1.82) is 0 Å². The summed E-state index contributed by atoms with van der Waals surface area (Å²) in [5, 5.41) is 39.3. The van der Waals surface area contributed by atoms with E-state index in [1.165, 1.54) is 31.2 Å². The first-order valence-corrected chi connectivity index (χ1v) is 9.74. The molecule has 1 amide bonds. The Kier molecular flexibility index (Phi) is 6.61. The highest BCUT2D eigenvalue weighted by atomic mass is 16.8. The second-order valence-corrected chi connectivity index (χ2v) is 7.59. The van der Waals surface area contributed by atoms with Gasteiger partial charge in [0.25, 0.3) is 5.91 Å². The number of amides is 1. The van der Waals surface area contributed by atoms with E-state index in [-0.39, 0.29) is 41.9 Å². The average molecular weight is 415 g/mol. The van der Waals surface area contributed by atoms with Gasteiger partial charge in [0.15, 0.2) is 11.4 Å². The fourth-order valence-electron chi connectivity index (χ4n) is 3.75. The van der Waals surface area contributed by atoms with Crippen molar-refractivity contribution in [2.45, 2.75) is 45.6 Å². The molecule has 1 heterocycles. The number of nitrogens with one attached hydrogen (secondary N) is 2. The quantitative estimate of drug-likeness (QED) is 0.520. The fourth-order valence-corrected chi connectivity index (χ4v) is 3.75. The minimum absolute atomic E-state index is 0.0381. The number of aryl methyl sites for hydroxylation is 2. The van der Waals surface area contributed by atoms with Gasteiger partial charge >= 0.3 is 0 Å². The number of hydrogen-bond acceptors (Lipinski definition) is 6. The van der Waals surface area contributed by atoms with E-state index in [0.29, 0.717) is 29.7 Å². The van der Waals surface area contributed by atoms with Crippen LogP contribution in [0.3, 0.4) is 0 Å². The van der Waals surface area contributed by atoms with Gasteiger partial charge in [0.2, 0.25) is 0 Å². The van der Waals surface area contributed by atoms with E-state index in [2.05, 4.69) is 0 Å². The van der Waals surface area contributed by atoms with E-state index < -0.39 is 10.5 Å². The molecule has 0 saturated carbocycles. The molecular formula is C21H25N3O6. The third-order valence-electron chi connectivity index (χ3n) is 5.41. The Hall–Kier alpha value is -2.66. The molecule has 1 aliphatic rings. The molecule has 160 valence electrons. The molecule has 2 aromatic carbocycles. The van der Waals surface area contributed by atoms with Gasteiger partial charge in [-0.3, -0.25) is 4.79 Å². The first-order chi connectivity index (χ1) is 14.2. The van der Waals surface area contributed by atoms with Crippen LogP contribution in [-0.2, 0) is 17.6 Å². The lowest BCUT2D eigenvalue weighted by Gasteiger charge is -2.36. The number of benzene rings is 2. The molecular weight excluding hydrogens is 390 g/mol. The Bertz CT molecular complexity index is 943.